The van der Waals surface area contributed by atoms with Gasteiger partial charge < -0.3 is 16.2 Å². The molecule has 0 aliphatic carbocycles. The van der Waals surface area contributed by atoms with Crippen molar-refractivity contribution in [1.82, 2.24) is 5.32 Å². The van der Waals surface area contributed by atoms with Crippen molar-refractivity contribution in [3.63, 3.8) is 0 Å². The van der Waals surface area contributed by atoms with Crippen LogP contribution in [0.4, 0.5) is 0 Å². The van der Waals surface area contributed by atoms with Gasteiger partial charge in [-0.2, -0.15) is 12.6 Å². The van der Waals surface area contributed by atoms with Crippen LogP contribution in [0.15, 0.2) is 0 Å². The zero-order valence-electron chi connectivity index (χ0n) is 7.97. The second kappa shape index (κ2) is 7.24. The van der Waals surface area contributed by atoms with Crippen molar-refractivity contribution in [3.8, 4) is 0 Å². The SMILES string of the molecule is N[C@@H](CC[C]=O)C(=O)N[C@@H](CS)C(=O)O. The van der Waals surface area contributed by atoms with Gasteiger partial charge in [-0.1, -0.05) is 0 Å². The molecule has 0 aliphatic heterocycles. The highest BCUT2D eigenvalue weighted by atomic mass is 32.1. The number of nitrogens with two attached hydrogens (primary N) is 1. The highest BCUT2D eigenvalue weighted by molar-refractivity contribution is 7.80. The molecule has 15 heavy (non-hydrogen) atoms. The zero-order valence-corrected chi connectivity index (χ0v) is 8.87. The summed E-state index contributed by atoms with van der Waals surface area (Å²) in [5.74, 6) is -1.80. The molecule has 0 heterocycles. The Morgan fingerprint density at radius 3 is 2.53 bits per heavy atom. The predicted octanol–water partition coefficient (Wildman–Crippen LogP) is -1.30. The molecule has 6 nitrogen and oxygen atoms in total. The monoisotopic (exact) mass is 233 g/mol. The summed E-state index contributed by atoms with van der Waals surface area (Å²) in [6, 6.07) is -1.96. The van der Waals surface area contributed by atoms with Crippen molar-refractivity contribution in [2.45, 2.75) is 24.9 Å². The molecule has 0 unspecified atom stereocenters. The number of hydrogen-bond acceptors (Lipinski definition) is 5. The van der Waals surface area contributed by atoms with Crippen LogP contribution in [0.25, 0.3) is 0 Å². The number of aliphatic carboxylic acids is 1. The fourth-order valence-corrected chi connectivity index (χ4v) is 1.06. The van der Waals surface area contributed by atoms with Crippen LogP contribution >= 0.6 is 12.6 Å². The summed E-state index contributed by atoms with van der Waals surface area (Å²) >= 11 is 3.77. The molecule has 0 fully saturated rings. The van der Waals surface area contributed by atoms with Gasteiger partial charge in [0, 0.05) is 12.2 Å². The quantitative estimate of drug-likeness (QED) is 0.409. The number of hydrogen-bond donors (Lipinski definition) is 4. The fraction of sp³-hybridized carbons (Fsp3) is 0.625. The number of nitrogens with one attached hydrogen (secondary N) is 1. The third-order valence-corrected chi connectivity index (χ3v) is 2.06. The molecule has 0 bridgehead atoms. The maximum absolute atomic E-state index is 11.3. The molecular weight excluding hydrogens is 220 g/mol. The van der Waals surface area contributed by atoms with Gasteiger partial charge in [-0.15, -0.1) is 0 Å². The van der Waals surface area contributed by atoms with Crippen LogP contribution in [0.5, 0.6) is 0 Å². The van der Waals surface area contributed by atoms with Crippen molar-refractivity contribution in [2.75, 3.05) is 5.75 Å². The first kappa shape index (κ1) is 13.9. The first-order valence-corrected chi connectivity index (χ1v) is 4.90. The van der Waals surface area contributed by atoms with E-state index in [1.54, 1.807) is 6.29 Å². The third kappa shape index (κ3) is 5.38. The van der Waals surface area contributed by atoms with E-state index in [0.717, 1.165) is 0 Å². The van der Waals surface area contributed by atoms with Crippen molar-refractivity contribution < 1.29 is 19.5 Å². The molecule has 0 rings (SSSR count). The van der Waals surface area contributed by atoms with E-state index in [1.165, 1.54) is 0 Å². The summed E-state index contributed by atoms with van der Waals surface area (Å²) in [5.41, 5.74) is 5.40. The molecule has 0 saturated carbocycles. The van der Waals surface area contributed by atoms with Gasteiger partial charge in [0.2, 0.25) is 5.91 Å². The Hall–Kier alpha value is -1.08. The van der Waals surface area contributed by atoms with E-state index in [0.29, 0.717) is 0 Å². The Morgan fingerprint density at radius 1 is 1.53 bits per heavy atom. The van der Waals surface area contributed by atoms with E-state index < -0.39 is 24.0 Å². The number of carboxylic acid groups (broad SMARTS) is 1. The summed E-state index contributed by atoms with van der Waals surface area (Å²) in [6.45, 7) is 0. The van der Waals surface area contributed by atoms with Crippen LogP contribution in [0.2, 0.25) is 0 Å². The highest BCUT2D eigenvalue weighted by Gasteiger charge is 2.21. The van der Waals surface area contributed by atoms with Gasteiger partial charge in [0.1, 0.15) is 6.04 Å². The van der Waals surface area contributed by atoms with Gasteiger partial charge in [-0.25, -0.2) is 4.79 Å². The molecule has 1 amide bonds. The number of carbonyl (C=O) groups excluding carboxylic acids is 2. The first-order chi connectivity index (χ1) is 7.02. The highest BCUT2D eigenvalue weighted by Crippen LogP contribution is 1.95. The normalized spacial score (nSPS) is 14.0. The van der Waals surface area contributed by atoms with Crippen molar-refractivity contribution in [3.05, 3.63) is 0 Å². The molecule has 2 atom stereocenters. The van der Waals surface area contributed by atoms with Gasteiger partial charge in [-0.3, -0.25) is 9.59 Å². The minimum Gasteiger partial charge on any atom is -0.480 e. The lowest BCUT2D eigenvalue weighted by molar-refractivity contribution is -0.141. The van der Waals surface area contributed by atoms with E-state index in [9.17, 15) is 14.4 Å². The third-order valence-electron chi connectivity index (χ3n) is 1.69. The van der Waals surface area contributed by atoms with Crippen LogP contribution in [-0.2, 0) is 14.4 Å². The van der Waals surface area contributed by atoms with Crippen LogP contribution in [0.1, 0.15) is 12.8 Å². The molecule has 0 spiro atoms. The Morgan fingerprint density at radius 2 is 2.13 bits per heavy atom. The first-order valence-electron chi connectivity index (χ1n) is 4.27. The molecular formula is C8H13N2O4S. The lowest BCUT2D eigenvalue weighted by Gasteiger charge is -2.15. The van der Waals surface area contributed by atoms with Crippen LogP contribution in [-0.4, -0.2) is 41.1 Å². The van der Waals surface area contributed by atoms with Gasteiger partial charge >= 0.3 is 5.97 Å². The summed E-state index contributed by atoms with van der Waals surface area (Å²) < 4.78 is 0. The lowest BCUT2D eigenvalue weighted by Crippen LogP contribution is -2.49. The maximum atomic E-state index is 11.3. The summed E-state index contributed by atoms with van der Waals surface area (Å²) in [4.78, 5) is 31.7. The smallest absolute Gasteiger partial charge is 0.327 e. The molecule has 0 aromatic heterocycles. The van der Waals surface area contributed by atoms with E-state index in [4.69, 9.17) is 10.8 Å². The van der Waals surface area contributed by atoms with Crippen LogP contribution in [0.3, 0.4) is 0 Å². The maximum Gasteiger partial charge on any atom is 0.327 e. The zero-order chi connectivity index (χ0) is 11.8. The van der Waals surface area contributed by atoms with Crippen molar-refractivity contribution in [1.29, 1.82) is 0 Å². The average molecular weight is 233 g/mol. The summed E-state index contributed by atoms with van der Waals surface area (Å²) in [6.07, 6.45) is 1.80. The molecule has 7 heteroatoms. The van der Waals surface area contributed by atoms with Gasteiger partial charge in [0.25, 0.3) is 0 Å². The number of carbonyl (C=O) groups is 2. The number of thiol groups is 1. The molecule has 85 valence electrons. The largest absolute Gasteiger partial charge is 0.480 e. The standard InChI is InChI=1S/C8H13N2O4S/c9-5(2-1-3-11)7(12)10-6(4-15)8(13)14/h5-6,15H,1-2,4,9H2,(H,10,12)(H,13,14)/t5-,6-/m0/s1. The van der Waals surface area contributed by atoms with Crippen molar-refractivity contribution >= 4 is 30.8 Å². The summed E-state index contributed by atoms with van der Waals surface area (Å²) in [7, 11) is 0. The van der Waals surface area contributed by atoms with E-state index in [-0.39, 0.29) is 18.6 Å². The second-order valence-electron chi connectivity index (χ2n) is 2.87. The number of amides is 1. The minimum atomic E-state index is -1.17. The Balaban J connectivity index is 4.09. The molecule has 0 aromatic rings. The van der Waals surface area contributed by atoms with E-state index in [2.05, 4.69) is 17.9 Å². The molecule has 4 N–H and O–H groups in total. The molecule has 0 aliphatic rings. The van der Waals surface area contributed by atoms with Gasteiger partial charge in [0.05, 0.1) is 6.04 Å². The van der Waals surface area contributed by atoms with E-state index in [1.807, 2.05) is 0 Å². The average Bonchev–Trinajstić information content (AvgIpc) is 2.21. The van der Waals surface area contributed by atoms with Gasteiger partial charge in [0.15, 0.2) is 6.29 Å². The number of carboxylic acids is 1. The fourth-order valence-electron chi connectivity index (χ4n) is 0.810. The Labute approximate surface area is 92.6 Å². The molecule has 0 aromatic carbocycles. The predicted molar refractivity (Wildman–Crippen MR) is 56.3 cm³/mol. The number of rotatable bonds is 7. The minimum absolute atomic E-state index is 0.0202. The van der Waals surface area contributed by atoms with Crippen LogP contribution in [0, 0.1) is 0 Å². The van der Waals surface area contributed by atoms with E-state index >= 15 is 0 Å². The van der Waals surface area contributed by atoms with Gasteiger partial charge in [-0.05, 0) is 6.42 Å². The lowest BCUT2D eigenvalue weighted by atomic mass is 10.1. The second-order valence-corrected chi connectivity index (χ2v) is 3.24. The summed E-state index contributed by atoms with van der Waals surface area (Å²) in [5, 5.41) is 10.8. The topological polar surface area (TPSA) is 109 Å². The Kier molecular flexibility index (Phi) is 6.72. The molecule has 1 radical (unpaired) electrons. The van der Waals surface area contributed by atoms with Crippen molar-refractivity contribution in [2.24, 2.45) is 5.73 Å². The molecule has 0 saturated heterocycles. The Bertz CT molecular complexity index is 247. The van der Waals surface area contributed by atoms with Crippen LogP contribution < -0.4 is 11.1 Å².